The maximum absolute atomic E-state index is 13.1. The first-order valence-corrected chi connectivity index (χ1v) is 11.4. The number of quaternary nitrogens is 1. The van der Waals surface area contributed by atoms with Gasteiger partial charge in [-0.1, -0.05) is 0 Å². The highest BCUT2D eigenvalue weighted by Crippen LogP contribution is 2.25. The van der Waals surface area contributed by atoms with E-state index in [1.807, 2.05) is 21.9 Å². The summed E-state index contributed by atoms with van der Waals surface area (Å²) in [7, 11) is 0. The maximum Gasteiger partial charge on any atom is 0.278 e. The van der Waals surface area contributed by atoms with E-state index in [1.54, 1.807) is 12.4 Å². The second-order valence-electron chi connectivity index (χ2n) is 8.81. The highest BCUT2D eigenvalue weighted by molar-refractivity contribution is 5.81. The maximum atomic E-state index is 13.1. The Morgan fingerprint density at radius 3 is 1.83 bits per heavy atom. The van der Waals surface area contributed by atoms with Crippen molar-refractivity contribution in [1.82, 2.24) is 14.8 Å². The molecule has 30 heavy (non-hydrogen) atoms. The number of piperidine rings is 2. The first-order valence-electron chi connectivity index (χ1n) is 11.4. The second-order valence-corrected chi connectivity index (χ2v) is 8.81. The van der Waals surface area contributed by atoms with Crippen LogP contribution in [0.1, 0.15) is 44.1 Å². The van der Waals surface area contributed by atoms with Gasteiger partial charge in [0.05, 0.1) is 6.20 Å². The average Bonchev–Trinajstić information content (AvgIpc) is 2.81. The Morgan fingerprint density at radius 1 is 0.833 bits per heavy atom. The number of nitrogens with zero attached hydrogens (tertiary/aromatic N) is 4. The van der Waals surface area contributed by atoms with E-state index in [9.17, 15) is 9.59 Å². The van der Waals surface area contributed by atoms with Gasteiger partial charge in [0.25, 0.3) is 11.8 Å². The standard InChI is InChI=1S/C24H33N4O2/c29-23(26-13-3-1-4-14-26)19-28(20-24(30)27-15-5-2-6-16-27)17-9-22(10-18-28)21-7-11-25-12-8-21/h7-12,17H,1-6,13-16,18-20H2/q+1. The van der Waals surface area contributed by atoms with E-state index < -0.39 is 0 Å². The molecule has 6 nitrogen and oxygen atoms in total. The highest BCUT2D eigenvalue weighted by Gasteiger charge is 2.36. The van der Waals surface area contributed by atoms with Gasteiger partial charge in [0, 0.05) is 38.6 Å². The summed E-state index contributed by atoms with van der Waals surface area (Å²) in [6.45, 7) is 4.77. The molecule has 2 amide bonds. The number of rotatable bonds is 5. The Morgan fingerprint density at radius 2 is 1.37 bits per heavy atom. The number of aromatic nitrogens is 1. The fourth-order valence-electron chi connectivity index (χ4n) is 4.72. The van der Waals surface area contributed by atoms with Crippen LogP contribution in [-0.4, -0.2) is 76.9 Å². The molecule has 2 fully saturated rings. The topological polar surface area (TPSA) is 53.5 Å². The number of hydrogen-bond donors (Lipinski definition) is 0. The Kier molecular flexibility index (Phi) is 6.62. The van der Waals surface area contributed by atoms with Gasteiger partial charge in [-0.15, -0.1) is 0 Å². The van der Waals surface area contributed by atoms with Gasteiger partial charge in [-0.05, 0) is 73.9 Å². The largest absolute Gasteiger partial charge is 0.338 e. The van der Waals surface area contributed by atoms with Gasteiger partial charge >= 0.3 is 0 Å². The molecule has 0 aliphatic carbocycles. The first kappa shape index (κ1) is 20.8. The molecule has 0 atom stereocenters. The van der Waals surface area contributed by atoms with Crippen LogP contribution in [0.15, 0.2) is 42.9 Å². The summed E-state index contributed by atoms with van der Waals surface area (Å²) in [5.74, 6) is 0.345. The van der Waals surface area contributed by atoms with Crippen molar-refractivity contribution in [2.45, 2.75) is 38.5 Å². The van der Waals surface area contributed by atoms with Crippen molar-refractivity contribution in [3.05, 3.63) is 48.4 Å². The molecule has 6 heteroatoms. The van der Waals surface area contributed by atoms with Crippen LogP contribution >= 0.6 is 0 Å². The van der Waals surface area contributed by atoms with Gasteiger partial charge in [-0.25, -0.2) is 0 Å². The summed E-state index contributed by atoms with van der Waals surface area (Å²) >= 11 is 0. The lowest BCUT2D eigenvalue weighted by Gasteiger charge is -2.39. The summed E-state index contributed by atoms with van der Waals surface area (Å²) in [5, 5.41) is 0. The fourth-order valence-corrected chi connectivity index (χ4v) is 4.72. The molecule has 4 rings (SSSR count). The molecule has 0 saturated carbocycles. The van der Waals surface area contributed by atoms with Gasteiger partial charge < -0.3 is 9.80 Å². The van der Waals surface area contributed by atoms with Gasteiger partial charge in [-0.2, -0.15) is 0 Å². The van der Waals surface area contributed by atoms with Crippen molar-refractivity contribution in [1.29, 1.82) is 0 Å². The third kappa shape index (κ3) is 4.98. The Bertz CT molecular complexity index is 774. The predicted molar refractivity (Wildman–Crippen MR) is 117 cm³/mol. The SMILES string of the molecule is O=C(C[N+]1(CC(=O)N2CCCCC2)C=CC(c2ccncc2)=CC1)N1CCCCC1. The van der Waals surface area contributed by atoms with Crippen LogP contribution in [0.2, 0.25) is 0 Å². The van der Waals surface area contributed by atoms with Crippen LogP contribution in [0.25, 0.3) is 5.57 Å². The number of carbonyl (C=O) groups is 2. The molecule has 2 saturated heterocycles. The van der Waals surface area contributed by atoms with E-state index in [-0.39, 0.29) is 11.8 Å². The monoisotopic (exact) mass is 409 g/mol. The smallest absolute Gasteiger partial charge is 0.278 e. The molecule has 3 aliphatic heterocycles. The molecule has 4 heterocycles. The molecular formula is C24H33N4O2+. The molecule has 1 aromatic rings. The van der Waals surface area contributed by atoms with E-state index >= 15 is 0 Å². The Hall–Kier alpha value is -2.47. The molecule has 160 valence electrons. The number of pyridine rings is 1. The minimum atomic E-state index is 0.173. The highest BCUT2D eigenvalue weighted by atomic mass is 16.2. The molecule has 1 aromatic heterocycles. The van der Waals surface area contributed by atoms with Crippen LogP contribution < -0.4 is 0 Å². The van der Waals surface area contributed by atoms with E-state index in [4.69, 9.17) is 0 Å². The van der Waals surface area contributed by atoms with Crippen LogP contribution in [-0.2, 0) is 9.59 Å². The minimum Gasteiger partial charge on any atom is -0.338 e. The van der Waals surface area contributed by atoms with E-state index in [0.29, 0.717) is 24.1 Å². The second kappa shape index (κ2) is 9.56. The molecule has 0 N–H and O–H groups in total. The predicted octanol–water partition coefficient (Wildman–Crippen LogP) is 2.83. The summed E-state index contributed by atoms with van der Waals surface area (Å²) < 4.78 is 0.388. The van der Waals surface area contributed by atoms with Crippen LogP contribution in [0, 0.1) is 0 Å². The molecule has 0 spiro atoms. The number of carbonyl (C=O) groups excluding carboxylic acids is 2. The third-order valence-corrected chi connectivity index (χ3v) is 6.58. The lowest BCUT2D eigenvalue weighted by Crippen LogP contribution is -2.56. The van der Waals surface area contributed by atoms with Gasteiger partial charge in [-0.3, -0.25) is 19.1 Å². The number of hydrogen-bond acceptors (Lipinski definition) is 3. The Labute approximate surface area is 179 Å². The third-order valence-electron chi connectivity index (χ3n) is 6.58. The zero-order valence-corrected chi connectivity index (χ0v) is 17.8. The normalized spacial score (nSPS) is 21.3. The molecule has 0 bridgehead atoms. The van der Waals surface area contributed by atoms with Crippen molar-refractivity contribution in [2.75, 3.05) is 45.8 Å². The molecular weight excluding hydrogens is 376 g/mol. The van der Waals surface area contributed by atoms with Crippen molar-refractivity contribution in [3.8, 4) is 0 Å². The molecule has 0 radical (unpaired) electrons. The van der Waals surface area contributed by atoms with Crippen LogP contribution in [0.4, 0.5) is 0 Å². The minimum absolute atomic E-state index is 0.173. The van der Waals surface area contributed by atoms with Crippen LogP contribution in [0.5, 0.6) is 0 Å². The first-order chi connectivity index (χ1) is 14.7. The number of likely N-dealkylation sites (tertiary alicyclic amines) is 2. The zero-order chi connectivity index (χ0) is 20.8. The fraction of sp³-hybridized carbons (Fsp3) is 0.542. The lowest BCUT2D eigenvalue weighted by atomic mass is 10.0. The van der Waals surface area contributed by atoms with Gasteiger partial charge in [0.1, 0.15) is 6.54 Å². The van der Waals surface area contributed by atoms with Crippen molar-refractivity contribution in [2.24, 2.45) is 0 Å². The average molecular weight is 410 g/mol. The van der Waals surface area contributed by atoms with Crippen LogP contribution in [0.3, 0.4) is 0 Å². The van der Waals surface area contributed by atoms with E-state index in [0.717, 1.165) is 63.0 Å². The lowest BCUT2D eigenvalue weighted by molar-refractivity contribution is -0.858. The van der Waals surface area contributed by atoms with Crippen molar-refractivity contribution in [3.63, 3.8) is 0 Å². The van der Waals surface area contributed by atoms with Gasteiger partial charge in [0.15, 0.2) is 13.1 Å². The summed E-state index contributed by atoms with van der Waals surface area (Å²) in [4.78, 5) is 34.3. The quantitative estimate of drug-likeness (QED) is 0.703. The summed E-state index contributed by atoms with van der Waals surface area (Å²) in [6.07, 6.45) is 16.7. The summed E-state index contributed by atoms with van der Waals surface area (Å²) in [5.41, 5.74) is 2.24. The number of allylic oxidation sites excluding steroid dienone is 2. The van der Waals surface area contributed by atoms with E-state index in [2.05, 4.69) is 23.3 Å². The number of amides is 2. The molecule has 0 unspecified atom stereocenters. The Balaban J connectivity index is 1.51. The molecule has 3 aliphatic rings. The van der Waals surface area contributed by atoms with E-state index in [1.165, 1.54) is 12.8 Å². The van der Waals surface area contributed by atoms with Gasteiger partial charge in [0.2, 0.25) is 0 Å². The van der Waals surface area contributed by atoms with Crippen molar-refractivity contribution >= 4 is 17.4 Å². The summed E-state index contributed by atoms with van der Waals surface area (Å²) in [6, 6.07) is 3.99. The van der Waals surface area contributed by atoms with Crippen molar-refractivity contribution < 1.29 is 14.1 Å². The molecule has 0 aromatic carbocycles. The zero-order valence-electron chi connectivity index (χ0n) is 17.8.